The van der Waals surface area contributed by atoms with Crippen LogP contribution in [0.15, 0.2) is 12.3 Å². The largest absolute Gasteiger partial charge is 0.468 e. The molecule has 4 nitrogen and oxygen atoms in total. The highest BCUT2D eigenvalue weighted by Crippen LogP contribution is 2.25. The lowest BCUT2D eigenvalue weighted by Gasteiger charge is -2.19. The van der Waals surface area contributed by atoms with Crippen LogP contribution in [0.3, 0.4) is 0 Å². The highest BCUT2D eigenvalue weighted by molar-refractivity contribution is 5.77. The number of rotatable bonds is 5. The van der Waals surface area contributed by atoms with Crippen LogP contribution < -0.4 is 0 Å². The van der Waals surface area contributed by atoms with E-state index < -0.39 is 0 Å². The highest BCUT2D eigenvalue weighted by atomic mass is 16.5. The fraction of sp³-hybridized carbons (Fsp3) is 0.667. The first kappa shape index (κ1) is 12.7. The summed E-state index contributed by atoms with van der Waals surface area (Å²) in [7, 11) is 1.43. The molecule has 1 rings (SSSR count). The summed E-state index contributed by atoms with van der Waals surface area (Å²) in [5.74, 6) is -0.202. The number of methoxy groups -OCH3 is 1. The third-order valence-electron chi connectivity index (χ3n) is 2.63. The van der Waals surface area contributed by atoms with Gasteiger partial charge in [-0.05, 0) is 18.4 Å². The van der Waals surface area contributed by atoms with Gasteiger partial charge in [0.1, 0.15) is 5.92 Å². The third kappa shape index (κ3) is 2.62. The summed E-state index contributed by atoms with van der Waals surface area (Å²) in [6.07, 6.45) is 2.74. The lowest BCUT2D eigenvalue weighted by Crippen LogP contribution is -2.23. The van der Waals surface area contributed by atoms with Crippen LogP contribution in [0, 0.1) is 5.92 Å². The van der Waals surface area contributed by atoms with Crippen LogP contribution in [0.2, 0.25) is 0 Å². The molecular weight excluding hydrogens is 204 g/mol. The molecule has 0 aliphatic heterocycles. The van der Waals surface area contributed by atoms with E-state index in [1.807, 2.05) is 24.6 Å². The van der Waals surface area contributed by atoms with Gasteiger partial charge < -0.3 is 4.74 Å². The van der Waals surface area contributed by atoms with Crippen molar-refractivity contribution in [1.29, 1.82) is 0 Å². The second-order valence-corrected chi connectivity index (χ2v) is 4.22. The van der Waals surface area contributed by atoms with Crippen molar-refractivity contribution in [3.8, 4) is 0 Å². The number of esters is 1. The molecule has 0 aliphatic rings. The highest BCUT2D eigenvalue weighted by Gasteiger charge is 2.27. The molecule has 1 aromatic heterocycles. The molecule has 1 unspecified atom stereocenters. The molecule has 16 heavy (non-hydrogen) atoms. The van der Waals surface area contributed by atoms with Gasteiger partial charge in [0.2, 0.25) is 0 Å². The predicted molar refractivity (Wildman–Crippen MR) is 62.1 cm³/mol. The van der Waals surface area contributed by atoms with E-state index in [4.69, 9.17) is 4.74 Å². The zero-order valence-electron chi connectivity index (χ0n) is 10.4. The van der Waals surface area contributed by atoms with E-state index in [-0.39, 0.29) is 17.8 Å². The van der Waals surface area contributed by atoms with Gasteiger partial charge in [-0.25, -0.2) is 0 Å². The maximum atomic E-state index is 11.7. The minimum Gasteiger partial charge on any atom is -0.468 e. The van der Waals surface area contributed by atoms with Crippen LogP contribution in [0.5, 0.6) is 0 Å². The smallest absolute Gasteiger partial charge is 0.314 e. The van der Waals surface area contributed by atoms with E-state index >= 15 is 0 Å². The van der Waals surface area contributed by atoms with Crippen molar-refractivity contribution in [2.24, 2.45) is 5.92 Å². The molecule has 0 radical (unpaired) electrons. The first-order chi connectivity index (χ1) is 7.61. The standard InChI is InChI=1S/C12H20N2O2/c1-5-8-14-10(6-7-13-14)11(9(2)3)12(15)16-4/h6-7,9,11H,5,8H2,1-4H3. The number of nitrogens with zero attached hydrogens (tertiary/aromatic N) is 2. The Balaban J connectivity index is 3.01. The van der Waals surface area contributed by atoms with E-state index in [0.29, 0.717) is 0 Å². The maximum Gasteiger partial charge on any atom is 0.314 e. The fourth-order valence-electron chi connectivity index (χ4n) is 1.87. The van der Waals surface area contributed by atoms with Gasteiger partial charge in [0, 0.05) is 12.7 Å². The summed E-state index contributed by atoms with van der Waals surface area (Å²) < 4.78 is 6.74. The van der Waals surface area contributed by atoms with Crippen molar-refractivity contribution in [3.63, 3.8) is 0 Å². The minimum absolute atomic E-state index is 0.187. The van der Waals surface area contributed by atoms with Gasteiger partial charge in [0.05, 0.1) is 12.8 Å². The van der Waals surface area contributed by atoms with E-state index in [2.05, 4.69) is 12.0 Å². The number of hydrogen-bond donors (Lipinski definition) is 0. The number of aryl methyl sites for hydroxylation is 1. The summed E-state index contributed by atoms with van der Waals surface area (Å²) in [5, 5.41) is 4.23. The second-order valence-electron chi connectivity index (χ2n) is 4.22. The molecular formula is C12H20N2O2. The van der Waals surface area contributed by atoms with E-state index in [0.717, 1.165) is 18.7 Å². The van der Waals surface area contributed by atoms with Crippen LogP contribution in [0.1, 0.15) is 38.8 Å². The Morgan fingerprint density at radius 3 is 2.75 bits per heavy atom. The summed E-state index contributed by atoms with van der Waals surface area (Å²) >= 11 is 0. The Kier molecular flexibility index (Phi) is 4.52. The van der Waals surface area contributed by atoms with Crippen LogP contribution in [-0.2, 0) is 16.1 Å². The Hall–Kier alpha value is -1.32. The summed E-state index contributed by atoms with van der Waals surface area (Å²) in [6.45, 7) is 6.96. The van der Waals surface area contributed by atoms with Gasteiger partial charge in [-0.15, -0.1) is 0 Å². The molecule has 0 bridgehead atoms. The molecule has 4 heteroatoms. The van der Waals surface area contributed by atoms with E-state index in [9.17, 15) is 4.79 Å². The number of aromatic nitrogens is 2. The molecule has 0 fully saturated rings. The molecule has 0 saturated heterocycles. The van der Waals surface area contributed by atoms with Crippen LogP contribution in [-0.4, -0.2) is 22.9 Å². The maximum absolute atomic E-state index is 11.7. The molecule has 0 N–H and O–H groups in total. The van der Waals surface area contributed by atoms with Crippen molar-refractivity contribution in [2.45, 2.75) is 39.7 Å². The molecule has 0 saturated carbocycles. The van der Waals surface area contributed by atoms with Crippen molar-refractivity contribution >= 4 is 5.97 Å². The van der Waals surface area contributed by atoms with Crippen molar-refractivity contribution in [1.82, 2.24) is 9.78 Å². The molecule has 0 aromatic carbocycles. The SMILES string of the molecule is CCCn1nccc1C(C(=O)OC)C(C)C. The Bertz CT molecular complexity index is 345. The molecule has 1 aromatic rings. The Morgan fingerprint density at radius 2 is 2.25 bits per heavy atom. The number of ether oxygens (including phenoxy) is 1. The Labute approximate surface area is 96.6 Å². The fourth-order valence-corrected chi connectivity index (χ4v) is 1.87. The molecule has 1 heterocycles. The predicted octanol–water partition coefficient (Wildman–Crippen LogP) is 2.21. The zero-order chi connectivity index (χ0) is 12.1. The number of carbonyl (C=O) groups is 1. The zero-order valence-corrected chi connectivity index (χ0v) is 10.4. The van der Waals surface area contributed by atoms with Crippen molar-refractivity contribution in [2.75, 3.05) is 7.11 Å². The molecule has 0 aliphatic carbocycles. The number of carbonyl (C=O) groups excluding carboxylic acids is 1. The van der Waals surface area contributed by atoms with E-state index in [1.54, 1.807) is 6.20 Å². The van der Waals surface area contributed by atoms with Gasteiger partial charge in [-0.3, -0.25) is 9.48 Å². The first-order valence-electron chi connectivity index (χ1n) is 5.71. The molecule has 1 atom stereocenters. The first-order valence-corrected chi connectivity index (χ1v) is 5.71. The average molecular weight is 224 g/mol. The lowest BCUT2D eigenvalue weighted by atomic mass is 9.92. The lowest BCUT2D eigenvalue weighted by molar-refractivity contribution is -0.143. The van der Waals surface area contributed by atoms with Crippen LogP contribution in [0.25, 0.3) is 0 Å². The molecule has 0 amide bonds. The van der Waals surface area contributed by atoms with Gasteiger partial charge in [0.15, 0.2) is 0 Å². The quantitative estimate of drug-likeness (QED) is 0.720. The van der Waals surface area contributed by atoms with Crippen molar-refractivity contribution < 1.29 is 9.53 Å². The summed E-state index contributed by atoms with van der Waals surface area (Å²) in [6, 6.07) is 1.90. The van der Waals surface area contributed by atoms with Gasteiger partial charge >= 0.3 is 5.97 Å². The third-order valence-corrected chi connectivity index (χ3v) is 2.63. The second kappa shape index (κ2) is 5.68. The normalized spacial score (nSPS) is 12.8. The monoisotopic (exact) mass is 224 g/mol. The number of hydrogen-bond acceptors (Lipinski definition) is 3. The van der Waals surface area contributed by atoms with Gasteiger partial charge in [-0.2, -0.15) is 5.10 Å². The van der Waals surface area contributed by atoms with Gasteiger partial charge in [-0.1, -0.05) is 20.8 Å². The van der Waals surface area contributed by atoms with Gasteiger partial charge in [0.25, 0.3) is 0 Å². The van der Waals surface area contributed by atoms with Crippen LogP contribution >= 0.6 is 0 Å². The topological polar surface area (TPSA) is 44.1 Å². The van der Waals surface area contributed by atoms with Crippen molar-refractivity contribution in [3.05, 3.63) is 18.0 Å². The average Bonchev–Trinajstić information content (AvgIpc) is 2.66. The van der Waals surface area contributed by atoms with Crippen LogP contribution in [0.4, 0.5) is 0 Å². The summed E-state index contributed by atoms with van der Waals surface area (Å²) in [4.78, 5) is 11.7. The Morgan fingerprint density at radius 1 is 1.56 bits per heavy atom. The minimum atomic E-state index is -0.223. The molecule has 90 valence electrons. The van der Waals surface area contributed by atoms with E-state index in [1.165, 1.54) is 7.11 Å². The summed E-state index contributed by atoms with van der Waals surface area (Å²) in [5.41, 5.74) is 0.948. The molecule has 0 spiro atoms.